The van der Waals surface area contributed by atoms with Gasteiger partial charge in [0.25, 0.3) is 5.91 Å². The molecule has 2 nitrogen and oxygen atoms in total. The molecule has 1 amide bonds. The number of halogens is 1. The van der Waals surface area contributed by atoms with E-state index in [1.807, 2.05) is 5.38 Å². The molecule has 0 aromatic heterocycles. The summed E-state index contributed by atoms with van der Waals surface area (Å²) in [5, 5.41) is 4.72. The monoisotopic (exact) mass is 215 g/mol. The van der Waals surface area contributed by atoms with Crippen molar-refractivity contribution >= 4 is 17.5 Å². The lowest BCUT2D eigenvalue weighted by Gasteiger charge is -2.00. The van der Waals surface area contributed by atoms with Gasteiger partial charge in [-0.05, 0) is 18.0 Å². The second-order valence-electron chi connectivity index (χ2n) is 3.24. The lowest BCUT2D eigenvalue weighted by molar-refractivity contribution is -0.115. The highest BCUT2D eigenvalue weighted by atomic mass is 35.5. The van der Waals surface area contributed by atoms with Gasteiger partial charge in [-0.1, -0.05) is 39.0 Å². The van der Waals surface area contributed by atoms with Crippen molar-refractivity contribution in [2.45, 2.75) is 45.4 Å². The van der Waals surface area contributed by atoms with Crippen molar-refractivity contribution < 1.29 is 4.79 Å². The van der Waals surface area contributed by atoms with Gasteiger partial charge in [-0.2, -0.15) is 0 Å². The molecule has 0 fully saturated rings. The highest BCUT2D eigenvalue weighted by Gasteiger charge is 1.94. The third-order valence-corrected chi connectivity index (χ3v) is 2.07. The van der Waals surface area contributed by atoms with Gasteiger partial charge in [0.05, 0.1) is 0 Å². The van der Waals surface area contributed by atoms with Gasteiger partial charge >= 0.3 is 0 Å². The summed E-state index contributed by atoms with van der Waals surface area (Å²) in [6.45, 7) is 2.90. The van der Waals surface area contributed by atoms with Crippen molar-refractivity contribution in [2.24, 2.45) is 0 Å². The minimum Gasteiger partial charge on any atom is -0.345 e. The molecule has 0 rings (SSSR count). The first-order chi connectivity index (χ1) is 6.81. The van der Waals surface area contributed by atoms with Crippen LogP contribution >= 0.6 is 11.6 Å². The molecule has 0 bridgehead atoms. The smallest absolute Gasteiger partial charge is 0.297 e. The molecule has 1 N–H and O–H groups in total. The summed E-state index contributed by atoms with van der Waals surface area (Å²) in [6, 6.07) is 0. The van der Waals surface area contributed by atoms with Crippen molar-refractivity contribution in [3.05, 3.63) is 0 Å². The van der Waals surface area contributed by atoms with Crippen molar-refractivity contribution in [3.63, 3.8) is 0 Å². The van der Waals surface area contributed by atoms with Crippen LogP contribution in [-0.4, -0.2) is 12.5 Å². The molecule has 0 aromatic rings. The molecule has 0 saturated heterocycles. The van der Waals surface area contributed by atoms with Crippen LogP contribution in [0.1, 0.15) is 45.4 Å². The third-order valence-electron chi connectivity index (χ3n) is 1.98. The fourth-order valence-corrected chi connectivity index (χ4v) is 1.28. The number of amides is 1. The topological polar surface area (TPSA) is 29.1 Å². The van der Waals surface area contributed by atoms with Crippen LogP contribution in [0.15, 0.2) is 0 Å². The summed E-state index contributed by atoms with van der Waals surface area (Å²) in [5.74, 6) is 1.94. The highest BCUT2D eigenvalue weighted by molar-refractivity contribution is 6.31. The average Bonchev–Trinajstić information content (AvgIpc) is 2.17. The molecule has 80 valence electrons. The molecular formula is C11H18ClNO. The zero-order valence-electron chi connectivity index (χ0n) is 8.74. The number of carbonyl (C=O) groups excluding carboxylic acids is 1. The summed E-state index contributed by atoms with van der Waals surface area (Å²) in [6.07, 6.45) is 7.33. The van der Waals surface area contributed by atoms with E-state index in [1.54, 1.807) is 0 Å². The van der Waals surface area contributed by atoms with Gasteiger partial charge < -0.3 is 5.32 Å². The molecule has 0 heterocycles. The van der Waals surface area contributed by atoms with Gasteiger partial charge in [0.15, 0.2) is 0 Å². The number of unbranched alkanes of at least 4 members (excludes halogenated alkanes) is 5. The Hall–Kier alpha value is -0.680. The first kappa shape index (κ1) is 13.3. The lowest BCUT2D eigenvalue weighted by Crippen LogP contribution is -2.22. The van der Waals surface area contributed by atoms with E-state index in [4.69, 9.17) is 11.6 Å². The molecule has 0 radical (unpaired) electrons. The number of carbonyl (C=O) groups is 1. The quantitative estimate of drug-likeness (QED) is 0.514. The molecule has 14 heavy (non-hydrogen) atoms. The minimum atomic E-state index is -0.284. The number of hydrogen-bond donors (Lipinski definition) is 1. The van der Waals surface area contributed by atoms with Crippen LogP contribution in [0.2, 0.25) is 0 Å². The summed E-state index contributed by atoms with van der Waals surface area (Å²) >= 11 is 5.07. The fraction of sp³-hybridized carbons (Fsp3) is 0.727. The van der Waals surface area contributed by atoms with Gasteiger partial charge in [-0.25, -0.2) is 0 Å². The Balaban J connectivity index is 3.12. The lowest BCUT2D eigenvalue weighted by atomic mass is 10.1. The molecule has 0 atom stereocenters. The average molecular weight is 216 g/mol. The van der Waals surface area contributed by atoms with Crippen LogP contribution in [0, 0.1) is 11.3 Å². The standard InChI is InChI=1S/C11H18ClNO/c1-2-3-4-5-6-7-10-13-11(14)8-9-12/h2-7,10H2,1H3,(H,13,14). The maximum atomic E-state index is 10.8. The van der Waals surface area contributed by atoms with E-state index in [0.29, 0.717) is 6.54 Å². The number of nitrogens with one attached hydrogen (secondary N) is 1. The minimum absolute atomic E-state index is 0.284. The molecule has 0 unspecified atom stereocenters. The molecule has 0 spiro atoms. The van der Waals surface area contributed by atoms with Crippen LogP contribution in [-0.2, 0) is 4.79 Å². The van der Waals surface area contributed by atoms with Crippen LogP contribution in [0.5, 0.6) is 0 Å². The molecule has 0 aliphatic rings. The van der Waals surface area contributed by atoms with E-state index in [-0.39, 0.29) is 5.91 Å². The van der Waals surface area contributed by atoms with Crippen molar-refractivity contribution in [1.29, 1.82) is 0 Å². The number of hydrogen-bond acceptors (Lipinski definition) is 1. The molecular weight excluding hydrogens is 198 g/mol. The van der Waals surface area contributed by atoms with Gasteiger partial charge in [0, 0.05) is 17.8 Å². The van der Waals surface area contributed by atoms with Crippen LogP contribution < -0.4 is 5.32 Å². The Bertz CT molecular complexity index is 205. The molecule has 3 heteroatoms. The van der Waals surface area contributed by atoms with Crippen LogP contribution in [0.4, 0.5) is 0 Å². The Morgan fingerprint density at radius 3 is 2.50 bits per heavy atom. The second-order valence-corrected chi connectivity index (χ2v) is 3.43. The predicted molar refractivity (Wildman–Crippen MR) is 60.0 cm³/mol. The molecule has 0 aliphatic carbocycles. The van der Waals surface area contributed by atoms with Gasteiger partial charge in [-0.3, -0.25) is 4.79 Å². The zero-order valence-corrected chi connectivity index (χ0v) is 9.49. The second kappa shape index (κ2) is 10.4. The maximum Gasteiger partial charge on any atom is 0.297 e. The van der Waals surface area contributed by atoms with Crippen molar-refractivity contribution in [3.8, 4) is 11.3 Å². The van der Waals surface area contributed by atoms with E-state index in [9.17, 15) is 4.79 Å². The Morgan fingerprint density at radius 1 is 1.21 bits per heavy atom. The third kappa shape index (κ3) is 9.41. The van der Waals surface area contributed by atoms with Gasteiger partial charge in [0.1, 0.15) is 0 Å². The summed E-state index contributed by atoms with van der Waals surface area (Å²) in [7, 11) is 0. The van der Waals surface area contributed by atoms with Crippen molar-refractivity contribution in [2.75, 3.05) is 6.54 Å². The van der Waals surface area contributed by atoms with E-state index in [2.05, 4.69) is 18.2 Å². The predicted octanol–water partition coefficient (Wildman–Crippen LogP) is 2.66. The van der Waals surface area contributed by atoms with E-state index in [1.165, 1.54) is 32.1 Å². The SMILES string of the molecule is CCCCCCCCNC(=O)C#CCl. The van der Waals surface area contributed by atoms with E-state index >= 15 is 0 Å². The Kier molecular flexibility index (Phi) is 9.90. The van der Waals surface area contributed by atoms with E-state index < -0.39 is 0 Å². The normalized spacial score (nSPS) is 9.00. The number of rotatable bonds is 7. The van der Waals surface area contributed by atoms with Crippen LogP contribution in [0.3, 0.4) is 0 Å². The molecule has 0 aromatic carbocycles. The highest BCUT2D eigenvalue weighted by Crippen LogP contribution is 2.03. The van der Waals surface area contributed by atoms with Crippen LogP contribution in [0.25, 0.3) is 0 Å². The first-order valence-corrected chi connectivity index (χ1v) is 5.58. The summed E-state index contributed by atoms with van der Waals surface area (Å²) in [5.41, 5.74) is 0. The molecule has 0 saturated carbocycles. The van der Waals surface area contributed by atoms with Crippen molar-refractivity contribution in [1.82, 2.24) is 5.32 Å². The van der Waals surface area contributed by atoms with Gasteiger partial charge in [0.2, 0.25) is 0 Å². The Labute approximate surface area is 91.4 Å². The first-order valence-electron chi connectivity index (χ1n) is 5.20. The molecule has 0 aliphatic heterocycles. The Morgan fingerprint density at radius 2 is 1.86 bits per heavy atom. The maximum absolute atomic E-state index is 10.8. The summed E-state index contributed by atoms with van der Waals surface area (Å²) in [4.78, 5) is 10.8. The fourth-order valence-electron chi connectivity index (χ4n) is 1.19. The van der Waals surface area contributed by atoms with E-state index in [0.717, 1.165) is 6.42 Å². The van der Waals surface area contributed by atoms with Gasteiger partial charge in [-0.15, -0.1) is 0 Å². The largest absolute Gasteiger partial charge is 0.345 e. The zero-order chi connectivity index (χ0) is 10.6. The summed E-state index contributed by atoms with van der Waals surface area (Å²) < 4.78 is 0.